The Morgan fingerprint density at radius 2 is 1.85 bits per heavy atom. The fourth-order valence-corrected chi connectivity index (χ4v) is 2.03. The van der Waals surface area contributed by atoms with Gasteiger partial charge in [-0.25, -0.2) is 0 Å². The molecule has 0 aromatic heterocycles. The summed E-state index contributed by atoms with van der Waals surface area (Å²) in [4.78, 5) is 11.8. The van der Waals surface area contributed by atoms with Crippen molar-refractivity contribution in [3.05, 3.63) is 35.9 Å². The molecule has 0 bridgehead atoms. The van der Waals surface area contributed by atoms with E-state index in [-0.39, 0.29) is 12.5 Å². The smallest absolute Gasteiger partial charge is 0.236 e. The van der Waals surface area contributed by atoms with Crippen molar-refractivity contribution in [3.63, 3.8) is 0 Å². The molecule has 1 aromatic carbocycles. The lowest BCUT2D eigenvalue weighted by Gasteiger charge is -2.12. The first kappa shape index (κ1) is 16.7. The summed E-state index contributed by atoms with van der Waals surface area (Å²) >= 11 is 0. The van der Waals surface area contributed by atoms with Crippen LogP contribution in [0.3, 0.4) is 0 Å². The number of rotatable bonds is 10. The van der Waals surface area contributed by atoms with Crippen LogP contribution in [0.5, 0.6) is 0 Å². The van der Waals surface area contributed by atoms with Gasteiger partial charge in [-0.15, -0.1) is 0 Å². The molecule has 0 unspecified atom stereocenters. The molecule has 1 rings (SSSR count). The van der Waals surface area contributed by atoms with Gasteiger partial charge < -0.3 is 16.2 Å². The number of amides is 1. The standard InChI is InChI=1S/C16H26N2O2/c17-15(11-10-14-8-4-3-5-9-14)16(20)18-12-6-1-2-7-13-19/h3-5,8-9,15,19H,1-2,6-7,10-13,17H2,(H,18,20)/t15-/m0/s1. The predicted molar refractivity (Wildman–Crippen MR) is 81.3 cm³/mol. The van der Waals surface area contributed by atoms with E-state index in [2.05, 4.69) is 5.32 Å². The summed E-state index contributed by atoms with van der Waals surface area (Å²) < 4.78 is 0. The van der Waals surface area contributed by atoms with Gasteiger partial charge in [-0.05, 0) is 31.2 Å². The molecule has 1 atom stereocenters. The Morgan fingerprint density at radius 1 is 1.15 bits per heavy atom. The maximum absolute atomic E-state index is 11.8. The molecule has 0 spiro atoms. The first-order valence-electron chi connectivity index (χ1n) is 7.42. The maximum Gasteiger partial charge on any atom is 0.236 e. The van der Waals surface area contributed by atoms with Crippen molar-refractivity contribution in [2.45, 2.75) is 44.6 Å². The van der Waals surface area contributed by atoms with Gasteiger partial charge >= 0.3 is 0 Å². The van der Waals surface area contributed by atoms with E-state index >= 15 is 0 Å². The van der Waals surface area contributed by atoms with Crippen LogP contribution in [0.25, 0.3) is 0 Å². The summed E-state index contributed by atoms with van der Waals surface area (Å²) in [6.07, 6.45) is 5.31. The van der Waals surface area contributed by atoms with Gasteiger partial charge in [0, 0.05) is 13.2 Å². The van der Waals surface area contributed by atoms with Crippen molar-refractivity contribution in [1.82, 2.24) is 5.32 Å². The third-order valence-electron chi connectivity index (χ3n) is 3.31. The second-order valence-corrected chi connectivity index (χ2v) is 5.06. The number of aryl methyl sites for hydroxylation is 1. The Bertz CT molecular complexity index is 368. The van der Waals surface area contributed by atoms with Crippen LogP contribution in [0.2, 0.25) is 0 Å². The number of aliphatic hydroxyl groups is 1. The van der Waals surface area contributed by atoms with Gasteiger partial charge in [0.05, 0.1) is 6.04 Å². The molecule has 0 fully saturated rings. The average molecular weight is 278 g/mol. The Kier molecular flexibility index (Phi) is 8.67. The lowest BCUT2D eigenvalue weighted by atomic mass is 10.1. The summed E-state index contributed by atoms with van der Waals surface area (Å²) in [7, 11) is 0. The molecule has 0 radical (unpaired) electrons. The number of hydrogen-bond acceptors (Lipinski definition) is 3. The molecule has 20 heavy (non-hydrogen) atoms. The molecule has 112 valence electrons. The number of nitrogens with two attached hydrogens (primary N) is 1. The molecule has 0 heterocycles. The zero-order chi connectivity index (χ0) is 14.6. The second-order valence-electron chi connectivity index (χ2n) is 5.06. The van der Waals surface area contributed by atoms with Gasteiger partial charge in [-0.3, -0.25) is 4.79 Å². The summed E-state index contributed by atoms with van der Waals surface area (Å²) in [5.74, 6) is -0.0666. The van der Waals surface area contributed by atoms with E-state index in [1.807, 2.05) is 30.3 Å². The summed E-state index contributed by atoms with van der Waals surface area (Å²) in [6.45, 7) is 0.917. The lowest BCUT2D eigenvalue weighted by Crippen LogP contribution is -2.41. The van der Waals surface area contributed by atoms with Gasteiger partial charge in [-0.2, -0.15) is 0 Å². The quantitative estimate of drug-likeness (QED) is 0.569. The van der Waals surface area contributed by atoms with Crippen molar-refractivity contribution in [2.75, 3.05) is 13.2 Å². The molecule has 0 aliphatic heterocycles. The zero-order valence-electron chi connectivity index (χ0n) is 12.1. The van der Waals surface area contributed by atoms with Gasteiger partial charge in [-0.1, -0.05) is 43.2 Å². The molecular formula is C16H26N2O2. The SMILES string of the molecule is N[C@@H](CCc1ccccc1)C(=O)NCCCCCCO. The van der Waals surface area contributed by atoms with Crippen LogP contribution in [0.1, 0.15) is 37.7 Å². The number of carbonyl (C=O) groups excluding carboxylic acids is 1. The molecule has 4 N–H and O–H groups in total. The van der Waals surface area contributed by atoms with Crippen molar-refractivity contribution < 1.29 is 9.90 Å². The Labute approximate surface area is 121 Å². The normalized spacial score (nSPS) is 12.1. The second kappa shape index (κ2) is 10.4. The minimum absolute atomic E-state index is 0.0666. The molecule has 1 aromatic rings. The fourth-order valence-electron chi connectivity index (χ4n) is 2.03. The monoisotopic (exact) mass is 278 g/mol. The van der Waals surface area contributed by atoms with E-state index in [9.17, 15) is 4.79 Å². The molecule has 0 saturated carbocycles. The molecule has 0 aliphatic carbocycles. The topological polar surface area (TPSA) is 75.4 Å². The van der Waals surface area contributed by atoms with Crippen molar-refractivity contribution in [3.8, 4) is 0 Å². The van der Waals surface area contributed by atoms with Crippen LogP contribution < -0.4 is 11.1 Å². The number of benzene rings is 1. The van der Waals surface area contributed by atoms with Gasteiger partial charge in [0.25, 0.3) is 0 Å². The highest BCUT2D eigenvalue weighted by Gasteiger charge is 2.12. The molecule has 0 aliphatic rings. The van der Waals surface area contributed by atoms with Crippen LogP contribution in [0, 0.1) is 0 Å². The van der Waals surface area contributed by atoms with Crippen LogP contribution >= 0.6 is 0 Å². The van der Waals surface area contributed by atoms with E-state index < -0.39 is 6.04 Å². The van der Waals surface area contributed by atoms with Crippen molar-refractivity contribution in [2.24, 2.45) is 5.73 Å². The van der Waals surface area contributed by atoms with Crippen LogP contribution in [-0.2, 0) is 11.2 Å². The van der Waals surface area contributed by atoms with Gasteiger partial charge in [0.15, 0.2) is 0 Å². The molecule has 4 heteroatoms. The van der Waals surface area contributed by atoms with Crippen LogP contribution in [0.4, 0.5) is 0 Å². The lowest BCUT2D eigenvalue weighted by molar-refractivity contribution is -0.122. The molecule has 1 amide bonds. The number of nitrogens with one attached hydrogen (secondary N) is 1. The molecule has 4 nitrogen and oxygen atoms in total. The minimum atomic E-state index is -0.437. The van der Waals surface area contributed by atoms with Crippen molar-refractivity contribution >= 4 is 5.91 Å². The van der Waals surface area contributed by atoms with E-state index in [4.69, 9.17) is 10.8 Å². The number of aliphatic hydroxyl groups excluding tert-OH is 1. The Morgan fingerprint density at radius 3 is 2.55 bits per heavy atom. The fraction of sp³-hybridized carbons (Fsp3) is 0.562. The number of unbranched alkanes of at least 4 members (excludes halogenated alkanes) is 3. The van der Waals surface area contributed by atoms with E-state index in [0.29, 0.717) is 13.0 Å². The third-order valence-corrected chi connectivity index (χ3v) is 3.31. The van der Waals surface area contributed by atoms with E-state index in [0.717, 1.165) is 32.1 Å². The number of carbonyl (C=O) groups is 1. The first-order valence-corrected chi connectivity index (χ1v) is 7.42. The van der Waals surface area contributed by atoms with Crippen molar-refractivity contribution in [1.29, 1.82) is 0 Å². The highest BCUT2D eigenvalue weighted by atomic mass is 16.2. The highest BCUT2D eigenvalue weighted by Crippen LogP contribution is 2.04. The number of hydrogen-bond donors (Lipinski definition) is 3. The van der Waals surface area contributed by atoms with Gasteiger partial charge in [0.1, 0.15) is 0 Å². The Hall–Kier alpha value is -1.39. The summed E-state index contributed by atoms with van der Waals surface area (Å²) in [5, 5.41) is 11.5. The maximum atomic E-state index is 11.8. The zero-order valence-corrected chi connectivity index (χ0v) is 12.1. The highest BCUT2D eigenvalue weighted by molar-refractivity contribution is 5.81. The summed E-state index contributed by atoms with van der Waals surface area (Å²) in [5.41, 5.74) is 7.09. The average Bonchev–Trinajstić information content (AvgIpc) is 2.49. The molecule has 0 saturated heterocycles. The largest absolute Gasteiger partial charge is 0.396 e. The van der Waals surface area contributed by atoms with Gasteiger partial charge in [0.2, 0.25) is 5.91 Å². The minimum Gasteiger partial charge on any atom is -0.396 e. The molecular weight excluding hydrogens is 252 g/mol. The van der Waals surface area contributed by atoms with E-state index in [1.165, 1.54) is 5.56 Å². The Balaban J connectivity index is 2.10. The van der Waals surface area contributed by atoms with Crippen LogP contribution in [-0.4, -0.2) is 30.2 Å². The van der Waals surface area contributed by atoms with E-state index in [1.54, 1.807) is 0 Å². The summed E-state index contributed by atoms with van der Waals surface area (Å²) in [6, 6.07) is 9.62. The third kappa shape index (κ3) is 7.26. The van der Waals surface area contributed by atoms with Crippen LogP contribution in [0.15, 0.2) is 30.3 Å². The predicted octanol–water partition coefficient (Wildman–Crippen LogP) is 1.62. The first-order chi connectivity index (χ1) is 9.74.